The topological polar surface area (TPSA) is 41.5 Å². The zero-order valence-corrected chi connectivity index (χ0v) is 8.80. The van der Waals surface area contributed by atoms with Gasteiger partial charge in [0.25, 0.3) is 0 Å². The number of aromatic hydroxyl groups is 1. The van der Waals surface area contributed by atoms with E-state index < -0.39 is 0 Å². The summed E-state index contributed by atoms with van der Waals surface area (Å²) in [5.41, 5.74) is 1.13. The van der Waals surface area contributed by atoms with Crippen LogP contribution in [-0.4, -0.2) is 18.8 Å². The highest BCUT2D eigenvalue weighted by atomic mass is 35.5. The molecule has 1 heterocycles. The number of benzene rings is 1. The molecule has 0 spiro atoms. The van der Waals surface area contributed by atoms with Crippen LogP contribution in [0, 0.1) is 0 Å². The number of methoxy groups -OCH3 is 1. The molecular formula is C10H14ClNO2. The average molecular weight is 216 g/mol. The van der Waals surface area contributed by atoms with Gasteiger partial charge in [-0.3, -0.25) is 0 Å². The van der Waals surface area contributed by atoms with Gasteiger partial charge in [-0.1, -0.05) is 6.07 Å². The van der Waals surface area contributed by atoms with E-state index in [-0.39, 0.29) is 18.2 Å². The van der Waals surface area contributed by atoms with Gasteiger partial charge >= 0.3 is 0 Å². The van der Waals surface area contributed by atoms with Crippen molar-refractivity contribution in [1.29, 1.82) is 0 Å². The van der Waals surface area contributed by atoms with Crippen molar-refractivity contribution in [3.63, 3.8) is 0 Å². The van der Waals surface area contributed by atoms with Crippen LogP contribution in [0.5, 0.6) is 11.5 Å². The standard InChI is InChI=1S/C10H13NO2.ClH/c1-13-10-3-2-7(6-9(10)12)8-4-5-11-8;/h2-3,6,8,11-12H,4-5H2,1H3;1H/t8-;/m1./s1. The third-order valence-electron chi connectivity index (χ3n) is 2.43. The summed E-state index contributed by atoms with van der Waals surface area (Å²) in [5.74, 6) is 0.747. The van der Waals surface area contributed by atoms with Crippen LogP contribution in [0.15, 0.2) is 18.2 Å². The summed E-state index contributed by atoms with van der Waals surface area (Å²) in [5, 5.41) is 12.8. The second-order valence-electron chi connectivity index (χ2n) is 3.23. The first kappa shape index (κ1) is 11.1. The van der Waals surface area contributed by atoms with Gasteiger partial charge in [-0.15, -0.1) is 12.4 Å². The molecule has 0 aromatic heterocycles. The number of phenols is 1. The average Bonchev–Trinajstić information content (AvgIpc) is 2.01. The largest absolute Gasteiger partial charge is 0.504 e. The molecule has 1 aromatic carbocycles. The van der Waals surface area contributed by atoms with Crippen molar-refractivity contribution in [2.45, 2.75) is 12.5 Å². The summed E-state index contributed by atoms with van der Waals surface area (Å²) in [6, 6.07) is 5.95. The van der Waals surface area contributed by atoms with E-state index in [0.717, 1.165) is 18.5 Å². The van der Waals surface area contributed by atoms with E-state index in [0.29, 0.717) is 11.8 Å². The maximum Gasteiger partial charge on any atom is 0.160 e. The molecule has 0 saturated carbocycles. The number of phenolic OH excluding ortho intramolecular Hbond substituents is 1. The molecular weight excluding hydrogens is 202 g/mol. The number of rotatable bonds is 2. The number of ether oxygens (including phenoxy) is 1. The molecule has 0 bridgehead atoms. The summed E-state index contributed by atoms with van der Waals surface area (Å²) < 4.78 is 4.96. The van der Waals surface area contributed by atoms with Gasteiger partial charge in [-0.05, 0) is 30.7 Å². The van der Waals surface area contributed by atoms with Gasteiger partial charge in [-0.2, -0.15) is 0 Å². The summed E-state index contributed by atoms with van der Waals surface area (Å²) >= 11 is 0. The molecule has 2 rings (SSSR count). The van der Waals surface area contributed by atoms with E-state index in [1.807, 2.05) is 6.07 Å². The van der Waals surface area contributed by atoms with E-state index in [4.69, 9.17) is 4.74 Å². The van der Waals surface area contributed by atoms with E-state index in [1.165, 1.54) is 0 Å². The first-order valence-electron chi connectivity index (χ1n) is 4.41. The normalized spacial score (nSPS) is 19.4. The Kier molecular flexibility index (Phi) is 3.61. The Hall–Kier alpha value is -0.930. The van der Waals surface area contributed by atoms with Gasteiger partial charge in [0.15, 0.2) is 11.5 Å². The zero-order valence-electron chi connectivity index (χ0n) is 7.99. The smallest absolute Gasteiger partial charge is 0.160 e. The zero-order chi connectivity index (χ0) is 9.26. The van der Waals surface area contributed by atoms with Crippen LogP contribution in [-0.2, 0) is 0 Å². The lowest BCUT2D eigenvalue weighted by atomic mass is 9.98. The molecule has 2 N–H and O–H groups in total. The second kappa shape index (κ2) is 4.53. The summed E-state index contributed by atoms with van der Waals surface area (Å²) in [7, 11) is 1.55. The molecule has 0 radical (unpaired) electrons. The highest BCUT2D eigenvalue weighted by molar-refractivity contribution is 5.85. The molecule has 1 aromatic rings. The Labute approximate surface area is 89.5 Å². The Morgan fingerprint density at radius 3 is 2.64 bits per heavy atom. The molecule has 1 saturated heterocycles. The third-order valence-corrected chi connectivity index (χ3v) is 2.43. The number of halogens is 1. The molecule has 1 fully saturated rings. The molecule has 4 heteroatoms. The molecule has 0 unspecified atom stereocenters. The first-order chi connectivity index (χ1) is 6.31. The fourth-order valence-electron chi connectivity index (χ4n) is 1.50. The minimum atomic E-state index is 0. The van der Waals surface area contributed by atoms with E-state index in [1.54, 1.807) is 19.2 Å². The van der Waals surface area contributed by atoms with Crippen LogP contribution in [0.4, 0.5) is 0 Å². The summed E-state index contributed by atoms with van der Waals surface area (Å²) in [4.78, 5) is 0. The van der Waals surface area contributed by atoms with Crippen LogP contribution in [0.1, 0.15) is 18.0 Å². The van der Waals surface area contributed by atoms with Crippen molar-refractivity contribution in [2.24, 2.45) is 0 Å². The molecule has 78 valence electrons. The Bertz CT molecular complexity index is 313. The lowest BCUT2D eigenvalue weighted by Crippen LogP contribution is -2.34. The third kappa shape index (κ3) is 1.94. The van der Waals surface area contributed by atoms with E-state index in [2.05, 4.69) is 5.32 Å². The number of hydrogen-bond acceptors (Lipinski definition) is 3. The Morgan fingerprint density at radius 2 is 2.21 bits per heavy atom. The van der Waals surface area contributed by atoms with Gasteiger partial charge in [0.2, 0.25) is 0 Å². The number of hydrogen-bond donors (Lipinski definition) is 2. The SMILES string of the molecule is COc1ccc([C@H]2CCN2)cc1O.Cl. The maximum atomic E-state index is 9.51. The van der Waals surface area contributed by atoms with Gasteiger partial charge < -0.3 is 15.2 Å². The predicted octanol–water partition coefficient (Wildman–Crippen LogP) is 1.86. The predicted molar refractivity (Wildman–Crippen MR) is 57.3 cm³/mol. The second-order valence-corrected chi connectivity index (χ2v) is 3.23. The van der Waals surface area contributed by atoms with Gasteiger partial charge in [0, 0.05) is 6.04 Å². The van der Waals surface area contributed by atoms with Crippen LogP contribution < -0.4 is 10.1 Å². The molecule has 0 aliphatic carbocycles. The van der Waals surface area contributed by atoms with Crippen molar-refractivity contribution in [2.75, 3.05) is 13.7 Å². The molecule has 14 heavy (non-hydrogen) atoms. The lowest BCUT2D eigenvalue weighted by Gasteiger charge is -2.28. The van der Waals surface area contributed by atoms with Gasteiger partial charge in [0.1, 0.15) is 0 Å². The highest BCUT2D eigenvalue weighted by Gasteiger charge is 2.19. The first-order valence-corrected chi connectivity index (χ1v) is 4.41. The molecule has 1 atom stereocenters. The van der Waals surface area contributed by atoms with Crippen LogP contribution in [0.25, 0.3) is 0 Å². The fraction of sp³-hybridized carbons (Fsp3) is 0.400. The van der Waals surface area contributed by atoms with Crippen LogP contribution >= 0.6 is 12.4 Å². The van der Waals surface area contributed by atoms with Crippen molar-refractivity contribution in [1.82, 2.24) is 5.32 Å². The van der Waals surface area contributed by atoms with Crippen molar-refractivity contribution in [3.05, 3.63) is 23.8 Å². The van der Waals surface area contributed by atoms with E-state index >= 15 is 0 Å². The van der Waals surface area contributed by atoms with Crippen LogP contribution in [0.3, 0.4) is 0 Å². The summed E-state index contributed by atoms with van der Waals surface area (Å²) in [6.07, 6.45) is 1.14. The van der Waals surface area contributed by atoms with Crippen molar-refractivity contribution in [3.8, 4) is 11.5 Å². The molecule has 1 aliphatic rings. The highest BCUT2D eigenvalue weighted by Crippen LogP contribution is 2.31. The lowest BCUT2D eigenvalue weighted by molar-refractivity contribution is 0.363. The minimum Gasteiger partial charge on any atom is -0.504 e. The molecule has 0 amide bonds. The quantitative estimate of drug-likeness (QED) is 0.792. The molecule has 1 aliphatic heterocycles. The molecule has 3 nitrogen and oxygen atoms in total. The van der Waals surface area contributed by atoms with E-state index in [9.17, 15) is 5.11 Å². The maximum absolute atomic E-state index is 9.51. The Balaban J connectivity index is 0.000000980. The minimum absolute atomic E-state index is 0. The van der Waals surface area contributed by atoms with Crippen LogP contribution in [0.2, 0.25) is 0 Å². The van der Waals surface area contributed by atoms with Crippen molar-refractivity contribution < 1.29 is 9.84 Å². The fourth-order valence-corrected chi connectivity index (χ4v) is 1.50. The summed E-state index contributed by atoms with van der Waals surface area (Å²) in [6.45, 7) is 1.07. The Morgan fingerprint density at radius 1 is 1.50 bits per heavy atom. The van der Waals surface area contributed by atoms with Gasteiger partial charge in [-0.25, -0.2) is 0 Å². The number of nitrogens with one attached hydrogen (secondary N) is 1. The van der Waals surface area contributed by atoms with Crippen molar-refractivity contribution >= 4 is 12.4 Å². The van der Waals surface area contributed by atoms with Gasteiger partial charge in [0.05, 0.1) is 7.11 Å². The monoisotopic (exact) mass is 215 g/mol.